The Morgan fingerprint density at radius 1 is 1.21 bits per heavy atom. The van der Waals surface area contributed by atoms with Crippen molar-refractivity contribution in [2.75, 3.05) is 7.05 Å². The minimum absolute atomic E-state index is 0.475. The first kappa shape index (κ1) is 11.7. The molecule has 0 aliphatic heterocycles. The monoisotopic (exact) mass is 208 g/mol. The Labute approximate surface area is 90.0 Å². The van der Waals surface area contributed by atoms with Crippen molar-refractivity contribution in [3.63, 3.8) is 0 Å². The van der Waals surface area contributed by atoms with Gasteiger partial charge in [0.15, 0.2) is 8.96 Å². The molecule has 0 heterocycles. The third-order valence-corrected chi connectivity index (χ3v) is 6.39. The van der Waals surface area contributed by atoms with Gasteiger partial charge in [0.05, 0.1) is 0 Å². The van der Waals surface area contributed by atoms with Crippen LogP contribution in [0.25, 0.3) is 0 Å². The van der Waals surface area contributed by atoms with E-state index in [1.807, 2.05) is 0 Å². The van der Waals surface area contributed by atoms with Crippen molar-refractivity contribution in [1.29, 1.82) is 0 Å². The Morgan fingerprint density at radius 2 is 1.79 bits per heavy atom. The zero-order valence-electron chi connectivity index (χ0n) is 10.3. The van der Waals surface area contributed by atoms with Crippen molar-refractivity contribution in [3.8, 4) is 0 Å². The number of allylic oxidation sites excluding steroid dienone is 4. The molecule has 0 aromatic heterocycles. The lowest BCUT2D eigenvalue weighted by molar-refractivity contribution is 0.843. The SMILES string of the molecule is CC[Si](NC)C1=C(C)C(C)=C(C)C1C. The lowest BCUT2D eigenvalue weighted by atomic mass is 10.1. The first-order valence-electron chi connectivity index (χ1n) is 5.47. The normalized spacial score (nSPS) is 22.9. The summed E-state index contributed by atoms with van der Waals surface area (Å²) in [6.45, 7) is 11.5. The first-order chi connectivity index (χ1) is 6.54. The lowest BCUT2D eigenvalue weighted by Crippen LogP contribution is -2.34. The summed E-state index contributed by atoms with van der Waals surface area (Å²) in [5.74, 6) is 0.677. The van der Waals surface area contributed by atoms with E-state index < -0.39 is 8.96 Å². The Balaban J connectivity index is 3.03. The standard InChI is InChI=1S/C12H22NSi/c1-7-14(13-6)12-10(4)8(2)9(3)11(12)5/h10,13H,7H2,1-6H3. The van der Waals surface area contributed by atoms with Crippen molar-refractivity contribution in [2.24, 2.45) is 5.92 Å². The number of hydrogen-bond donors (Lipinski definition) is 1. The summed E-state index contributed by atoms with van der Waals surface area (Å²) in [6, 6.07) is 1.28. The highest BCUT2D eigenvalue weighted by molar-refractivity contribution is 6.64. The summed E-state index contributed by atoms with van der Waals surface area (Å²) < 4.78 is 0. The van der Waals surface area contributed by atoms with E-state index in [2.05, 4.69) is 46.6 Å². The van der Waals surface area contributed by atoms with Gasteiger partial charge in [0.25, 0.3) is 0 Å². The third-order valence-electron chi connectivity index (χ3n) is 3.62. The summed E-state index contributed by atoms with van der Waals surface area (Å²) >= 11 is 0. The quantitative estimate of drug-likeness (QED) is 0.703. The number of rotatable bonds is 3. The smallest absolute Gasteiger partial charge is 0.165 e. The summed E-state index contributed by atoms with van der Waals surface area (Å²) in [5, 5.41) is 1.70. The molecule has 0 fully saturated rings. The van der Waals surface area contributed by atoms with Crippen LogP contribution >= 0.6 is 0 Å². The van der Waals surface area contributed by atoms with Crippen LogP contribution in [0.5, 0.6) is 0 Å². The lowest BCUT2D eigenvalue weighted by Gasteiger charge is -2.19. The van der Waals surface area contributed by atoms with Crippen LogP contribution in [0.4, 0.5) is 0 Å². The molecule has 0 saturated heterocycles. The molecule has 1 unspecified atom stereocenters. The van der Waals surface area contributed by atoms with Gasteiger partial charge in [0.2, 0.25) is 0 Å². The molecule has 2 heteroatoms. The molecule has 0 aromatic carbocycles. The largest absolute Gasteiger partial charge is 0.337 e. The average Bonchev–Trinajstić information content (AvgIpc) is 2.37. The topological polar surface area (TPSA) is 12.0 Å². The van der Waals surface area contributed by atoms with Gasteiger partial charge in [-0.1, -0.05) is 30.2 Å². The predicted octanol–water partition coefficient (Wildman–Crippen LogP) is 3.06. The molecule has 1 atom stereocenters. The summed E-state index contributed by atoms with van der Waals surface area (Å²) in [4.78, 5) is 3.51. The minimum Gasteiger partial charge on any atom is -0.337 e. The van der Waals surface area contributed by atoms with Crippen LogP contribution in [-0.2, 0) is 0 Å². The maximum Gasteiger partial charge on any atom is 0.165 e. The second-order valence-corrected chi connectivity index (χ2v) is 6.85. The van der Waals surface area contributed by atoms with E-state index >= 15 is 0 Å². The van der Waals surface area contributed by atoms with E-state index in [9.17, 15) is 0 Å². The van der Waals surface area contributed by atoms with Crippen LogP contribution in [0.15, 0.2) is 21.9 Å². The van der Waals surface area contributed by atoms with Gasteiger partial charge in [0, 0.05) is 0 Å². The van der Waals surface area contributed by atoms with Gasteiger partial charge in [-0.2, -0.15) is 0 Å². The Kier molecular flexibility index (Phi) is 3.73. The first-order valence-corrected chi connectivity index (χ1v) is 7.17. The molecule has 1 radical (unpaired) electrons. The molecule has 1 aliphatic rings. The fourth-order valence-corrected chi connectivity index (χ4v) is 4.74. The fourth-order valence-electron chi connectivity index (χ4n) is 2.35. The summed E-state index contributed by atoms with van der Waals surface area (Å²) in [6.07, 6.45) is 0. The van der Waals surface area contributed by atoms with Crippen LogP contribution in [0.2, 0.25) is 6.04 Å². The summed E-state index contributed by atoms with van der Waals surface area (Å²) in [7, 11) is 1.63. The molecule has 1 N–H and O–H groups in total. The molecular weight excluding hydrogens is 186 g/mol. The van der Waals surface area contributed by atoms with Crippen molar-refractivity contribution in [1.82, 2.24) is 4.98 Å². The van der Waals surface area contributed by atoms with Crippen molar-refractivity contribution in [2.45, 2.75) is 40.7 Å². The molecule has 1 nitrogen and oxygen atoms in total. The van der Waals surface area contributed by atoms with Gasteiger partial charge in [-0.05, 0) is 45.4 Å². The maximum absolute atomic E-state index is 3.51. The minimum atomic E-state index is -0.475. The number of hydrogen-bond acceptors (Lipinski definition) is 1. The Hall–Kier alpha value is -0.343. The molecular formula is C12H22NSi. The molecule has 1 aliphatic carbocycles. The van der Waals surface area contributed by atoms with E-state index in [0.29, 0.717) is 5.92 Å². The summed E-state index contributed by atoms with van der Waals surface area (Å²) in [5.41, 5.74) is 4.66. The zero-order chi connectivity index (χ0) is 10.9. The molecule has 0 aromatic rings. The predicted molar refractivity (Wildman–Crippen MR) is 65.5 cm³/mol. The van der Waals surface area contributed by atoms with Gasteiger partial charge in [-0.3, -0.25) is 0 Å². The highest BCUT2D eigenvalue weighted by Gasteiger charge is 2.28. The fraction of sp³-hybridized carbons (Fsp3) is 0.667. The zero-order valence-corrected chi connectivity index (χ0v) is 11.3. The van der Waals surface area contributed by atoms with E-state index in [1.54, 1.807) is 16.3 Å². The van der Waals surface area contributed by atoms with E-state index in [0.717, 1.165) is 0 Å². The van der Waals surface area contributed by atoms with Crippen LogP contribution < -0.4 is 4.98 Å². The molecule has 0 spiro atoms. The molecule has 0 bridgehead atoms. The van der Waals surface area contributed by atoms with Gasteiger partial charge < -0.3 is 4.98 Å². The molecule has 0 amide bonds. The van der Waals surface area contributed by atoms with E-state index in [1.165, 1.54) is 11.6 Å². The van der Waals surface area contributed by atoms with Crippen LogP contribution in [-0.4, -0.2) is 16.0 Å². The molecule has 79 valence electrons. The van der Waals surface area contributed by atoms with E-state index in [-0.39, 0.29) is 0 Å². The van der Waals surface area contributed by atoms with Crippen molar-refractivity contribution in [3.05, 3.63) is 21.9 Å². The molecule has 14 heavy (non-hydrogen) atoms. The second kappa shape index (κ2) is 4.45. The molecule has 1 rings (SSSR count). The van der Waals surface area contributed by atoms with Crippen LogP contribution in [0, 0.1) is 5.92 Å². The Morgan fingerprint density at radius 3 is 2.07 bits per heavy atom. The maximum atomic E-state index is 3.51. The van der Waals surface area contributed by atoms with E-state index in [4.69, 9.17) is 0 Å². The third kappa shape index (κ3) is 1.73. The highest BCUT2D eigenvalue weighted by Crippen LogP contribution is 2.37. The van der Waals surface area contributed by atoms with Crippen LogP contribution in [0.3, 0.4) is 0 Å². The van der Waals surface area contributed by atoms with Crippen molar-refractivity contribution < 1.29 is 0 Å². The van der Waals surface area contributed by atoms with Gasteiger partial charge in [-0.15, -0.1) is 0 Å². The average molecular weight is 208 g/mol. The van der Waals surface area contributed by atoms with Gasteiger partial charge in [-0.25, -0.2) is 0 Å². The number of nitrogens with one attached hydrogen (secondary N) is 1. The van der Waals surface area contributed by atoms with Crippen LogP contribution in [0.1, 0.15) is 34.6 Å². The Bertz CT molecular complexity index is 285. The van der Waals surface area contributed by atoms with Gasteiger partial charge >= 0.3 is 0 Å². The second-order valence-electron chi connectivity index (χ2n) is 4.15. The molecule has 0 saturated carbocycles. The van der Waals surface area contributed by atoms with Crippen molar-refractivity contribution >= 4 is 8.96 Å². The van der Waals surface area contributed by atoms with Gasteiger partial charge in [0.1, 0.15) is 0 Å². The highest BCUT2D eigenvalue weighted by atomic mass is 28.3.